The van der Waals surface area contributed by atoms with Gasteiger partial charge in [0.05, 0.1) is 66.2 Å². The summed E-state index contributed by atoms with van der Waals surface area (Å²) in [4.78, 5) is 70.3. The molecule has 3 aromatic carbocycles. The monoisotopic (exact) mass is 864 g/mol. The van der Waals surface area contributed by atoms with E-state index in [1.54, 1.807) is 39.8 Å². The quantitative estimate of drug-likeness (QED) is 0.106. The van der Waals surface area contributed by atoms with E-state index < -0.39 is 97.8 Å². The Hall–Kier alpha value is -5.98. The number of hydrogen-bond acceptors (Lipinski definition) is 9. The SMILES string of the molecule is COC(=O)N[C@H](C(=O)N1CC(F)(F)C[C@H]1c1nc2ccc3cc(-c4cc5ccc6nc([C@@H]7CC(F)(F)CN7C(=O)[C@@H](NC(=O)OC)C(C)C)[nH]c6c5s4)ccc3c2[nH]1)C(C)C. The van der Waals surface area contributed by atoms with Crippen LogP contribution < -0.4 is 10.6 Å². The van der Waals surface area contributed by atoms with E-state index in [1.807, 2.05) is 36.4 Å². The second-order valence-corrected chi connectivity index (χ2v) is 17.5. The van der Waals surface area contributed by atoms with Gasteiger partial charge in [-0.25, -0.2) is 37.1 Å². The molecule has 2 aliphatic heterocycles. The highest BCUT2D eigenvalue weighted by Gasteiger charge is 2.52. The van der Waals surface area contributed by atoms with Gasteiger partial charge in [-0.2, -0.15) is 0 Å². The molecule has 4 N–H and O–H groups in total. The highest BCUT2D eigenvalue weighted by Crippen LogP contribution is 2.45. The molecule has 3 aromatic heterocycles. The summed E-state index contributed by atoms with van der Waals surface area (Å²) in [6, 6.07) is 10.9. The number of aromatic nitrogens is 4. The third-order valence-corrected chi connectivity index (χ3v) is 12.7. The largest absolute Gasteiger partial charge is 0.453 e. The van der Waals surface area contributed by atoms with E-state index in [1.165, 1.54) is 11.3 Å². The summed E-state index contributed by atoms with van der Waals surface area (Å²) in [7, 11) is 2.32. The van der Waals surface area contributed by atoms with E-state index in [2.05, 4.69) is 40.0 Å². The third-order valence-electron chi connectivity index (χ3n) is 11.5. The maximum absolute atomic E-state index is 15.0. The van der Waals surface area contributed by atoms with E-state index in [-0.39, 0.29) is 11.6 Å². The maximum atomic E-state index is 15.0. The molecule has 0 unspecified atom stereocenters. The van der Waals surface area contributed by atoms with Crippen LogP contribution in [0.15, 0.2) is 48.5 Å². The number of H-pyrrole nitrogens is 2. The molecular weight excluding hydrogens is 821 g/mol. The predicted octanol–water partition coefficient (Wildman–Crippen LogP) is 8.05. The number of carbonyl (C=O) groups excluding carboxylic acids is 4. The van der Waals surface area contributed by atoms with Crippen molar-refractivity contribution in [3.63, 3.8) is 0 Å². The number of carbonyl (C=O) groups is 4. The summed E-state index contributed by atoms with van der Waals surface area (Å²) in [6.45, 7) is 5.17. The van der Waals surface area contributed by atoms with Crippen molar-refractivity contribution in [2.45, 2.75) is 76.5 Å². The number of halogens is 4. The minimum atomic E-state index is -3.18. The zero-order valence-electron chi connectivity index (χ0n) is 34.1. The van der Waals surface area contributed by atoms with Gasteiger partial charge in [-0.05, 0) is 52.4 Å². The van der Waals surface area contributed by atoms with Crippen LogP contribution in [0.5, 0.6) is 0 Å². The molecule has 2 aliphatic rings. The number of rotatable bonds is 9. The molecule has 19 heteroatoms. The average molecular weight is 865 g/mol. The Bertz CT molecular complexity index is 2710. The molecule has 4 amide bonds. The third kappa shape index (κ3) is 7.79. The lowest BCUT2D eigenvalue weighted by molar-refractivity contribution is -0.137. The topological polar surface area (TPSA) is 175 Å². The van der Waals surface area contributed by atoms with Gasteiger partial charge in [0.1, 0.15) is 23.7 Å². The van der Waals surface area contributed by atoms with Crippen molar-refractivity contribution in [3.8, 4) is 10.4 Å². The van der Waals surface area contributed by atoms with Crippen molar-refractivity contribution in [1.82, 2.24) is 40.4 Å². The van der Waals surface area contributed by atoms with Crippen LogP contribution in [0.2, 0.25) is 0 Å². The van der Waals surface area contributed by atoms with Gasteiger partial charge in [0.15, 0.2) is 0 Å². The van der Waals surface area contributed by atoms with Crippen molar-refractivity contribution >= 4 is 78.3 Å². The molecule has 14 nitrogen and oxygen atoms in total. The summed E-state index contributed by atoms with van der Waals surface area (Å²) in [5.41, 5.74) is 3.21. The van der Waals surface area contributed by atoms with E-state index in [0.29, 0.717) is 22.1 Å². The van der Waals surface area contributed by atoms with Gasteiger partial charge in [0, 0.05) is 23.1 Å². The molecule has 6 aromatic rings. The Kier molecular flexibility index (Phi) is 10.6. The second kappa shape index (κ2) is 15.5. The Morgan fingerprint density at radius 1 is 0.721 bits per heavy atom. The van der Waals surface area contributed by atoms with Gasteiger partial charge >= 0.3 is 12.2 Å². The van der Waals surface area contributed by atoms with E-state index >= 15 is 8.78 Å². The molecule has 5 heterocycles. The average Bonchev–Trinajstić information content (AvgIpc) is 4.05. The first-order valence-corrected chi connectivity index (χ1v) is 20.6. The summed E-state index contributed by atoms with van der Waals surface area (Å²) < 4.78 is 70.2. The standard InChI is InChI=1S/C42H44F4N8O6S/c1-19(2)30(51-39(57)59-5)37(55)53-17-41(43,44)15-27(53)35-47-25-11-8-21-13-22(7-10-24(21)32(25)49-35)29-14-23-9-12-26-33(34(23)61-29)50-36(48-26)28-16-42(45,46)18-54(28)38(56)31(20(3)4)52-40(58)60-6/h7-14,19-20,27-28,30-31H,15-18H2,1-6H3,(H,47,49)(H,48,50)(H,51,57)(H,52,58)/t27-,28-,30-,31-/m0/s1. The highest BCUT2D eigenvalue weighted by atomic mass is 32.1. The number of amides is 4. The first kappa shape index (κ1) is 41.7. The number of aromatic amines is 2. The molecule has 2 saturated heterocycles. The molecule has 0 aliphatic carbocycles. The van der Waals surface area contributed by atoms with Crippen LogP contribution in [-0.4, -0.2) is 105 Å². The number of likely N-dealkylation sites (tertiary alicyclic amines) is 2. The normalized spacial score (nSPS) is 19.7. The van der Waals surface area contributed by atoms with E-state index in [4.69, 9.17) is 0 Å². The van der Waals surface area contributed by atoms with Crippen LogP contribution in [0, 0.1) is 11.8 Å². The number of thiophene rings is 1. The molecule has 322 valence electrons. The van der Waals surface area contributed by atoms with E-state index in [9.17, 15) is 28.0 Å². The fourth-order valence-electron chi connectivity index (χ4n) is 8.37. The van der Waals surface area contributed by atoms with Crippen molar-refractivity contribution in [2.24, 2.45) is 11.8 Å². The van der Waals surface area contributed by atoms with Gasteiger partial charge in [0.2, 0.25) is 11.8 Å². The number of nitrogens with one attached hydrogen (secondary N) is 4. The van der Waals surface area contributed by atoms with Crippen LogP contribution in [0.4, 0.5) is 27.2 Å². The fourth-order valence-corrected chi connectivity index (χ4v) is 9.53. The number of nitrogens with zero attached hydrogens (tertiary/aromatic N) is 4. The van der Waals surface area contributed by atoms with Crippen LogP contribution in [0.1, 0.15) is 64.3 Å². The number of ether oxygens (including phenoxy) is 2. The minimum absolute atomic E-state index is 0.205. The molecule has 0 bridgehead atoms. The Morgan fingerprint density at radius 3 is 1.72 bits per heavy atom. The lowest BCUT2D eigenvalue weighted by Crippen LogP contribution is -2.51. The lowest BCUT2D eigenvalue weighted by atomic mass is 10.0. The molecule has 0 saturated carbocycles. The molecule has 2 fully saturated rings. The van der Waals surface area contributed by atoms with Gasteiger partial charge in [-0.15, -0.1) is 11.3 Å². The zero-order valence-corrected chi connectivity index (χ0v) is 34.9. The Balaban J connectivity index is 1.09. The Labute approximate surface area is 350 Å². The molecule has 8 rings (SSSR count). The Morgan fingerprint density at radius 2 is 1.21 bits per heavy atom. The first-order valence-electron chi connectivity index (χ1n) is 19.8. The smallest absolute Gasteiger partial charge is 0.407 e. The van der Waals surface area contributed by atoms with Crippen molar-refractivity contribution in [3.05, 3.63) is 60.2 Å². The van der Waals surface area contributed by atoms with Gasteiger partial charge in [-0.1, -0.05) is 52.0 Å². The summed E-state index contributed by atoms with van der Waals surface area (Å²) in [5.74, 6) is -8.07. The summed E-state index contributed by atoms with van der Waals surface area (Å²) >= 11 is 1.48. The minimum Gasteiger partial charge on any atom is -0.453 e. The number of alkyl carbamates (subject to hydrolysis) is 2. The van der Waals surface area contributed by atoms with Crippen LogP contribution >= 0.6 is 11.3 Å². The maximum Gasteiger partial charge on any atom is 0.407 e. The van der Waals surface area contributed by atoms with Crippen molar-refractivity contribution in [2.75, 3.05) is 27.3 Å². The molecule has 61 heavy (non-hydrogen) atoms. The molecule has 0 radical (unpaired) electrons. The highest BCUT2D eigenvalue weighted by molar-refractivity contribution is 7.23. The lowest BCUT2D eigenvalue weighted by Gasteiger charge is -2.29. The van der Waals surface area contributed by atoms with Gasteiger partial charge < -0.3 is 39.9 Å². The van der Waals surface area contributed by atoms with Gasteiger partial charge in [-0.3, -0.25) is 9.59 Å². The van der Waals surface area contributed by atoms with Gasteiger partial charge in [0.25, 0.3) is 11.8 Å². The number of alkyl halides is 4. The van der Waals surface area contributed by atoms with E-state index in [0.717, 1.165) is 55.3 Å². The number of methoxy groups -OCH3 is 2. The van der Waals surface area contributed by atoms with Crippen molar-refractivity contribution in [1.29, 1.82) is 0 Å². The first-order chi connectivity index (χ1) is 28.9. The zero-order chi connectivity index (χ0) is 43.7. The number of benzene rings is 3. The molecule has 0 spiro atoms. The molecule has 4 atom stereocenters. The summed E-state index contributed by atoms with van der Waals surface area (Å²) in [6.07, 6.45) is -2.96. The molecular formula is C42H44F4N8O6S. The van der Waals surface area contributed by atoms with Crippen LogP contribution in [0.3, 0.4) is 0 Å². The van der Waals surface area contributed by atoms with Crippen LogP contribution in [-0.2, 0) is 19.1 Å². The number of imidazole rings is 2. The van der Waals surface area contributed by atoms with Crippen molar-refractivity contribution < 1.29 is 46.2 Å². The predicted molar refractivity (Wildman–Crippen MR) is 220 cm³/mol. The number of hydrogen-bond donors (Lipinski definition) is 4. The second-order valence-electron chi connectivity index (χ2n) is 16.4. The van der Waals surface area contributed by atoms with Crippen LogP contribution in [0.25, 0.3) is 53.4 Å². The number of fused-ring (bicyclic) bond motifs is 6. The fraction of sp³-hybridized carbons (Fsp3) is 0.429. The summed E-state index contributed by atoms with van der Waals surface area (Å²) in [5, 5.41) is 7.47.